The molecule has 0 atom stereocenters. The van der Waals surface area contributed by atoms with Crippen molar-refractivity contribution in [3.05, 3.63) is 22.4 Å². The summed E-state index contributed by atoms with van der Waals surface area (Å²) < 4.78 is 0. The Hall–Kier alpha value is -0.670. The van der Waals surface area contributed by atoms with Crippen LogP contribution >= 0.6 is 11.3 Å². The molecule has 0 aliphatic carbocycles. The van der Waals surface area contributed by atoms with Crippen LogP contribution < -0.4 is 0 Å². The molecule has 2 rings (SSSR count). The molecule has 0 unspecified atom stereocenters. The summed E-state index contributed by atoms with van der Waals surface area (Å²) in [7, 11) is 0. The van der Waals surface area contributed by atoms with Crippen LogP contribution in [0.4, 0.5) is 0 Å². The standard InChI is InChI=1S/C11H15NOS/c13-11(10-4-8-14-9-10)3-7-12-5-1-2-6-12/h4,8-9H,1-3,5-7H2. The van der Waals surface area contributed by atoms with Crippen molar-refractivity contribution in [2.75, 3.05) is 19.6 Å². The fourth-order valence-corrected chi connectivity index (χ4v) is 2.49. The molecule has 0 N–H and O–H groups in total. The maximum absolute atomic E-state index is 11.6. The molecule has 0 aromatic carbocycles. The molecule has 2 nitrogen and oxygen atoms in total. The summed E-state index contributed by atoms with van der Waals surface area (Å²) in [5.74, 6) is 0.290. The van der Waals surface area contributed by atoms with Crippen LogP contribution in [0.25, 0.3) is 0 Å². The molecule has 0 spiro atoms. The number of rotatable bonds is 4. The number of Topliss-reactive ketones (excluding diaryl/α,β-unsaturated/α-hetero) is 1. The second-order valence-corrected chi connectivity index (χ2v) is 4.51. The molecule has 0 saturated carbocycles. The van der Waals surface area contributed by atoms with Crippen LogP contribution in [-0.4, -0.2) is 30.3 Å². The van der Waals surface area contributed by atoms with Gasteiger partial charge >= 0.3 is 0 Å². The Morgan fingerprint density at radius 1 is 1.43 bits per heavy atom. The maximum Gasteiger partial charge on any atom is 0.164 e. The Morgan fingerprint density at radius 2 is 2.21 bits per heavy atom. The fraction of sp³-hybridized carbons (Fsp3) is 0.545. The lowest BCUT2D eigenvalue weighted by atomic mass is 10.1. The normalized spacial score (nSPS) is 17.4. The van der Waals surface area contributed by atoms with Crippen molar-refractivity contribution in [1.82, 2.24) is 4.90 Å². The highest BCUT2D eigenvalue weighted by molar-refractivity contribution is 7.08. The van der Waals surface area contributed by atoms with Crippen LogP contribution in [0.2, 0.25) is 0 Å². The summed E-state index contributed by atoms with van der Waals surface area (Å²) in [4.78, 5) is 14.0. The van der Waals surface area contributed by atoms with Gasteiger partial charge in [0.25, 0.3) is 0 Å². The summed E-state index contributed by atoms with van der Waals surface area (Å²) in [6.07, 6.45) is 3.27. The molecule has 2 heterocycles. The van der Waals surface area contributed by atoms with E-state index in [0.717, 1.165) is 12.1 Å². The van der Waals surface area contributed by atoms with E-state index in [1.807, 2.05) is 16.8 Å². The minimum absolute atomic E-state index is 0.290. The number of carbonyl (C=O) groups excluding carboxylic acids is 1. The zero-order chi connectivity index (χ0) is 9.80. The van der Waals surface area contributed by atoms with Crippen molar-refractivity contribution in [2.24, 2.45) is 0 Å². The van der Waals surface area contributed by atoms with Gasteiger partial charge in [0, 0.05) is 23.9 Å². The largest absolute Gasteiger partial charge is 0.303 e. The minimum atomic E-state index is 0.290. The highest BCUT2D eigenvalue weighted by atomic mass is 32.1. The van der Waals surface area contributed by atoms with E-state index in [-0.39, 0.29) is 5.78 Å². The zero-order valence-electron chi connectivity index (χ0n) is 8.24. The van der Waals surface area contributed by atoms with E-state index in [9.17, 15) is 4.79 Å². The first-order valence-electron chi connectivity index (χ1n) is 5.14. The third-order valence-corrected chi connectivity index (χ3v) is 3.38. The highest BCUT2D eigenvalue weighted by Crippen LogP contribution is 2.11. The molecular weight excluding hydrogens is 194 g/mol. The number of carbonyl (C=O) groups is 1. The monoisotopic (exact) mass is 209 g/mol. The molecular formula is C11H15NOS. The summed E-state index contributed by atoms with van der Waals surface area (Å²) in [6.45, 7) is 3.29. The van der Waals surface area contributed by atoms with Gasteiger partial charge in [0.1, 0.15) is 0 Å². The van der Waals surface area contributed by atoms with Gasteiger partial charge in [0.15, 0.2) is 5.78 Å². The Morgan fingerprint density at radius 3 is 2.86 bits per heavy atom. The molecule has 76 valence electrons. The number of likely N-dealkylation sites (tertiary alicyclic amines) is 1. The third-order valence-electron chi connectivity index (χ3n) is 2.70. The second-order valence-electron chi connectivity index (χ2n) is 3.73. The Labute approximate surface area is 88.5 Å². The van der Waals surface area contributed by atoms with Gasteiger partial charge in [-0.3, -0.25) is 4.79 Å². The number of hydrogen-bond acceptors (Lipinski definition) is 3. The molecule has 1 aromatic rings. The SMILES string of the molecule is O=C(CCN1CCCC1)c1ccsc1. The number of hydrogen-bond donors (Lipinski definition) is 0. The van der Waals surface area contributed by atoms with Gasteiger partial charge in [-0.15, -0.1) is 0 Å². The third kappa shape index (κ3) is 2.42. The van der Waals surface area contributed by atoms with Crippen molar-refractivity contribution < 1.29 is 4.79 Å². The van der Waals surface area contributed by atoms with Crippen molar-refractivity contribution in [2.45, 2.75) is 19.3 Å². The second kappa shape index (κ2) is 4.71. The summed E-state index contributed by atoms with van der Waals surface area (Å²) >= 11 is 1.59. The van der Waals surface area contributed by atoms with Crippen molar-refractivity contribution in [1.29, 1.82) is 0 Å². The van der Waals surface area contributed by atoms with Gasteiger partial charge in [-0.05, 0) is 37.4 Å². The minimum Gasteiger partial charge on any atom is -0.303 e. The molecule has 1 saturated heterocycles. The highest BCUT2D eigenvalue weighted by Gasteiger charge is 2.13. The fourth-order valence-electron chi connectivity index (χ4n) is 1.83. The topological polar surface area (TPSA) is 20.3 Å². The van der Waals surface area contributed by atoms with Crippen LogP contribution in [0.3, 0.4) is 0 Å². The molecule has 0 bridgehead atoms. The predicted octanol–water partition coefficient (Wildman–Crippen LogP) is 2.42. The number of ketones is 1. The van der Waals surface area contributed by atoms with E-state index >= 15 is 0 Å². The Balaban J connectivity index is 1.78. The summed E-state index contributed by atoms with van der Waals surface area (Å²) in [5.41, 5.74) is 0.884. The first kappa shape index (κ1) is 9.87. The van der Waals surface area contributed by atoms with Crippen molar-refractivity contribution in [3.8, 4) is 0 Å². The van der Waals surface area contributed by atoms with Crippen LogP contribution in [0.1, 0.15) is 29.6 Å². The molecule has 0 amide bonds. The lowest BCUT2D eigenvalue weighted by Crippen LogP contribution is -2.22. The molecule has 1 aliphatic rings. The first-order valence-corrected chi connectivity index (χ1v) is 6.08. The van der Waals surface area contributed by atoms with E-state index in [0.29, 0.717) is 6.42 Å². The van der Waals surface area contributed by atoms with Crippen LogP contribution in [0, 0.1) is 0 Å². The van der Waals surface area contributed by atoms with Gasteiger partial charge in [-0.25, -0.2) is 0 Å². The van der Waals surface area contributed by atoms with Gasteiger partial charge in [-0.2, -0.15) is 11.3 Å². The van der Waals surface area contributed by atoms with E-state index in [2.05, 4.69) is 4.90 Å². The van der Waals surface area contributed by atoms with E-state index < -0.39 is 0 Å². The van der Waals surface area contributed by atoms with Crippen molar-refractivity contribution in [3.63, 3.8) is 0 Å². The molecule has 14 heavy (non-hydrogen) atoms. The number of thiophene rings is 1. The average molecular weight is 209 g/mol. The number of nitrogens with zero attached hydrogens (tertiary/aromatic N) is 1. The molecule has 1 aliphatic heterocycles. The van der Waals surface area contributed by atoms with E-state index in [1.165, 1.54) is 25.9 Å². The van der Waals surface area contributed by atoms with Crippen LogP contribution in [0.15, 0.2) is 16.8 Å². The molecule has 3 heteroatoms. The molecule has 0 radical (unpaired) electrons. The summed E-state index contributed by atoms with van der Waals surface area (Å²) in [6, 6.07) is 1.91. The maximum atomic E-state index is 11.6. The summed E-state index contributed by atoms with van der Waals surface area (Å²) in [5, 5.41) is 3.90. The van der Waals surface area contributed by atoms with Crippen LogP contribution in [0.5, 0.6) is 0 Å². The quantitative estimate of drug-likeness (QED) is 0.710. The smallest absolute Gasteiger partial charge is 0.164 e. The Kier molecular flexibility index (Phi) is 3.32. The van der Waals surface area contributed by atoms with Gasteiger partial charge in [-0.1, -0.05) is 0 Å². The van der Waals surface area contributed by atoms with E-state index in [1.54, 1.807) is 11.3 Å². The first-order chi connectivity index (χ1) is 6.86. The van der Waals surface area contributed by atoms with Crippen molar-refractivity contribution >= 4 is 17.1 Å². The lowest BCUT2D eigenvalue weighted by Gasteiger charge is -2.12. The zero-order valence-corrected chi connectivity index (χ0v) is 9.05. The van der Waals surface area contributed by atoms with Gasteiger partial charge in [0.2, 0.25) is 0 Å². The Bertz CT molecular complexity index is 288. The lowest BCUT2D eigenvalue weighted by molar-refractivity contribution is 0.0969. The molecule has 1 aromatic heterocycles. The average Bonchev–Trinajstić information content (AvgIpc) is 2.87. The van der Waals surface area contributed by atoms with Crippen LogP contribution in [-0.2, 0) is 0 Å². The predicted molar refractivity (Wildman–Crippen MR) is 58.9 cm³/mol. The van der Waals surface area contributed by atoms with Gasteiger partial charge in [0.05, 0.1) is 0 Å². The van der Waals surface area contributed by atoms with Gasteiger partial charge < -0.3 is 4.90 Å². The van der Waals surface area contributed by atoms with E-state index in [4.69, 9.17) is 0 Å². The molecule has 1 fully saturated rings.